The minimum Gasteiger partial charge on any atom is -0.496 e. The van der Waals surface area contributed by atoms with Crippen LogP contribution < -0.4 is 10.1 Å². The Labute approximate surface area is 149 Å². The van der Waals surface area contributed by atoms with Crippen molar-refractivity contribution >= 4 is 5.96 Å². The number of ether oxygens (including phenoxy) is 1. The number of rotatable bonds is 4. The van der Waals surface area contributed by atoms with Gasteiger partial charge in [0.15, 0.2) is 5.96 Å². The lowest BCUT2D eigenvalue weighted by Crippen LogP contribution is -2.39. The Bertz CT molecular complexity index is 752. The van der Waals surface area contributed by atoms with Crippen molar-refractivity contribution in [3.63, 3.8) is 0 Å². The standard InChI is InChI=1S/C19H27N5O/c1-14-9-15(5-6-18(14)25-4)10-21-19(20-2)24-8-7-16(13-24)17-11-22-23(3)12-17/h5-6,9,11-12,16H,7-8,10,13H2,1-4H3,(H,20,21). The number of aryl methyl sites for hydroxylation is 2. The fourth-order valence-corrected chi connectivity index (χ4v) is 3.44. The monoisotopic (exact) mass is 341 g/mol. The van der Waals surface area contributed by atoms with Gasteiger partial charge in [-0.05, 0) is 36.1 Å². The van der Waals surface area contributed by atoms with Gasteiger partial charge in [0.05, 0.1) is 13.3 Å². The molecule has 1 unspecified atom stereocenters. The molecule has 1 fully saturated rings. The number of aliphatic imine (C=N–C) groups is 1. The zero-order valence-electron chi connectivity index (χ0n) is 15.5. The summed E-state index contributed by atoms with van der Waals surface area (Å²) in [6, 6.07) is 6.26. The van der Waals surface area contributed by atoms with Gasteiger partial charge in [0, 0.05) is 45.8 Å². The van der Waals surface area contributed by atoms with Crippen molar-refractivity contribution in [2.75, 3.05) is 27.2 Å². The van der Waals surface area contributed by atoms with E-state index in [4.69, 9.17) is 4.74 Å². The Hall–Kier alpha value is -2.50. The van der Waals surface area contributed by atoms with Gasteiger partial charge in [-0.15, -0.1) is 0 Å². The molecule has 25 heavy (non-hydrogen) atoms. The van der Waals surface area contributed by atoms with Gasteiger partial charge in [-0.25, -0.2) is 0 Å². The summed E-state index contributed by atoms with van der Waals surface area (Å²) in [6.45, 7) is 4.82. The number of hydrogen-bond donors (Lipinski definition) is 1. The van der Waals surface area contributed by atoms with Gasteiger partial charge in [0.1, 0.15) is 5.75 Å². The number of guanidine groups is 1. The third-order valence-corrected chi connectivity index (χ3v) is 4.81. The van der Waals surface area contributed by atoms with Crippen molar-refractivity contribution in [1.82, 2.24) is 20.0 Å². The summed E-state index contributed by atoms with van der Waals surface area (Å²) in [5, 5.41) is 7.78. The van der Waals surface area contributed by atoms with Gasteiger partial charge in [-0.1, -0.05) is 12.1 Å². The highest BCUT2D eigenvalue weighted by Crippen LogP contribution is 2.26. The van der Waals surface area contributed by atoms with Gasteiger partial charge in [-0.3, -0.25) is 9.67 Å². The lowest BCUT2D eigenvalue weighted by molar-refractivity contribution is 0.411. The highest BCUT2D eigenvalue weighted by atomic mass is 16.5. The van der Waals surface area contributed by atoms with Gasteiger partial charge >= 0.3 is 0 Å². The van der Waals surface area contributed by atoms with Crippen LogP contribution in [-0.2, 0) is 13.6 Å². The molecule has 0 saturated carbocycles. The largest absolute Gasteiger partial charge is 0.496 e. The zero-order chi connectivity index (χ0) is 17.8. The van der Waals surface area contributed by atoms with Crippen LogP contribution in [0.4, 0.5) is 0 Å². The molecule has 3 rings (SSSR count). The van der Waals surface area contributed by atoms with Crippen molar-refractivity contribution in [3.8, 4) is 5.75 Å². The average molecular weight is 341 g/mol. The average Bonchev–Trinajstić information content (AvgIpc) is 3.25. The molecule has 1 aromatic heterocycles. The predicted octanol–water partition coefficient (Wildman–Crippen LogP) is 2.30. The molecule has 1 saturated heterocycles. The molecule has 0 bridgehead atoms. The molecule has 0 amide bonds. The second-order valence-corrected chi connectivity index (χ2v) is 6.58. The van der Waals surface area contributed by atoms with Crippen molar-refractivity contribution in [1.29, 1.82) is 0 Å². The molecule has 2 aromatic rings. The number of nitrogens with zero attached hydrogens (tertiary/aromatic N) is 4. The van der Waals surface area contributed by atoms with E-state index in [9.17, 15) is 0 Å². The van der Waals surface area contributed by atoms with E-state index in [-0.39, 0.29) is 0 Å². The second-order valence-electron chi connectivity index (χ2n) is 6.58. The summed E-state index contributed by atoms with van der Waals surface area (Å²) >= 11 is 0. The van der Waals surface area contributed by atoms with Gasteiger partial charge in [0.25, 0.3) is 0 Å². The Balaban J connectivity index is 1.59. The number of likely N-dealkylation sites (tertiary alicyclic amines) is 1. The maximum Gasteiger partial charge on any atom is 0.193 e. The van der Waals surface area contributed by atoms with Gasteiger partial charge in [0.2, 0.25) is 0 Å². The van der Waals surface area contributed by atoms with E-state index in [1.54, 1.807) is 7.11 Å². The van der Waals surface area contributed by atoms with Gasteiger partial charge < -0.3 is 15.0 Å². The quantitative estimate of drug-likeness (QED) is 0.685. The molecular weight excluding hydrogens is 314 g/mol. The van der Waals surface area contributed by atoms with Crippen LogP contribution in [0.5, 0.6) is 5.75 Å². The summed E-state index contributed by atoms with van der Waals surface area (Å²) in [6.07, 6.45) is 5.23. The number of benzene rings is 1. The molecule has 6 nitrogen and oxygen atoms in total. The maximum absolute atomic E-state index is 5.32. The lowest BCUT2D eigenvalue weighted by Gasteiger charge is -2.22. The highest BCUT2D eigenvalue weighted by molar-refractivity contribution is 5.80. The van der Waals surface area contributed by atoms with Crippen LogP contribution in [0.3, 0.4) is 0 Å². The van der Waals surface area contributed by atoms with E-state index in [1.165, 1.54) is 11.1 Å². The minimum absolute atomic E-state index is 0.524. The van der Waals surface area contributed by atoms with Crippen molar-refractivity contribution in [3.05, 3.63) is 47.3 Å². The molecule has 1 aliphatic rings. The van der Waals surface area contributed by atoms with Crippen LogP contribution in [0.25, 0.3) is 0 Å². The Morgan fingerprint density at radius 1 is 1.44 bits per heavy atom. The number of hydrogen-bond acceptors (Lipinski definition) is 3. The van der Waals surface area contributed by atoms with E-state index in [0.29, 0.717) is 5.92 Å². The Morgan fingerprint density at radius 2 is 2.28 bits per heavy atom. The number of methoxy groups -OCH3 is 1. The topological polar surface area (TPSA) is 54.7 Å². The van der Waals surface area contributed by atoms with Crippen LogP contribution in [0, 0.1) is 6.92 Å². The first-order valence-electron chi connectivity index (χ1n) is 8.68. The predicted molar refractivity (Wildman–Crippen MR) is 100 cm³/mol. The van der Waals surface area contributed by atoms with E-state index in [2.05, 4.69) is 45.6 Å². The highest BCUT2D eigenvalue weighted by Gasteiger charge is 2.26. The Kier molecular flexibility index (Phi) is 5.26. The fourth-order valence-electron chi connectivity index (χ4n) is 3.44. The molecule has 1 aromatic carbocycles. The second kappa shape index (κ2) is 7.59. The molecule has 0 radical (unpaired) electrons. The molecule has 134 valence electrons. The summed E-state index contributed by atoms with van der Waals surface area (Å²) in [5.74, 6) is 2.40. The molecule has 6 heteroatoms. The first kappa shape index (κ1) is 17.3. The van der Waals surface area contributed by atoms with E-state index in [0.717, 1.165) is 43.3 Å². The van der Waals surface area contributed by atoms with E-state index in [1.807, 2.05) is 31.0 Å². The molecule has 1 aliphatic heterocycles. The Morgan fingerprint density at radius 3 is 2.92 bits per heavy atom. The fraction of sp³-hybridized carbons (Fsp3) is 0.474. The van der Waals surface area contributed by atoms with Crippen molar-refractivity contribution in [2.45, 2.75) is 25.8 Å². The summed E-state index contributed by atoms with van der Waals surface area (Å²) in [4.78, 5) is 6.79. The van der Waals surface area contributed by atoms with Crippen molar-refractivity contribution in [2.24, 2.45) is 12.0 Å². The van der Waals surface area contributed by atoms with Crippen molar-refractivity contribution < 1.29 is 4.74 Å². The maximum atomic E-state index is 5.32. The molecular formula is C19H27N5O. The summed E-state index contributed by atoms with van der Waals surface area (Å²) < 4.78 is 7.20. The zero-order valence-corrected chi connectivity index (χ0v) is 15.5. The third kappa shape index (κ3) is 3.95. The third-order valence-electron chi connectivity index (χ3n) is 4.81. The minimum atomic E-state index is 0.524. The molecule has 1 N–H and O–H groups in total. The lowest BCUT2D eigenvalue weighted by atomic mass is 10.0. The number of aromatic nitrogens is 2. The normalized spacial score (nSPS) is 17.8. The number of nitrogens with one attached hydrogen (secondary N) is 1. The molecule has 1 atom stereocenters. The SMILES string of the molecule is CN=C(NCc1ccc(OC)c(C)c1)N1CCC(c2cnn(C)c2)C1. The van der Waals surface area contributed by atoms with Crippen LogP contribution in [0.1, 0.15) is 29.0 Å². The van der Waals surface area contributed by atoms with Crippen LogP contribution in [0.15, 0.2) is 35.6 Å². The van der Waals surface area contributed by atoms with E-state index < -0.39 is 0 Å². The molecule has 2 heterocycles. The molecule has 0 aliphatic carbocycles. The first-order valence-corrected chi connectivity index (χ1v) is 8.68. The van der Waals surface area contributed by atoms with Crippen LogP contribution in [0.2, 0.25) is 0 Å². The van der Waals surface area contributed by atoms with E-state index >= 15 is 0 Å². The first-order chi connectivity index (χ1) is 12.1. The summed E-state index contributed by atoms with van der Waals surface area (Å²) in [5.41, 5.74) is 3.68. The van der Waals surface area contributed by atoms with Crippen LogP contribution >= 0.6 is 0 Å². The molecule has 0 spiro atoms. The smallest absolute Gasteiger partial charge is 0.193 e. The van der Waals surface area contributed by atoms with Crippen LogP contribution in [-0.4, -0.2) is 47.9 Å². The van der Waals surface area contributed by atoms with Gasteiger partial charge in [-0.2, -0.15) is 5.10 Å². The summed E-state index contributed by atoms with van der Waals surface area (Å²) in [7, 11) is 5.51.